The summed E-state index contributed by atoms with van der Waals surface area (Å²) in [6.45, 7) is 4.08. The van der Waals surface area contributed by atoms with Crippen LogP contribution in [0, 0.1) is 0 Å². The summed E-state index contributed by atoms with van der Waals surface area (Å²) in [5.74, 6) is 1.33. The van der Waals surface area contributed by atoms with Gasteiger partial charge in [0.15, 0.2) is 0 Å². The fourth-order valence-corrected chi connectivity index (χ4v) is 3.27. The van der Waals surface area contributed by atoms with E-state index >= 15 is 0 Å². The van der Waals surface area contributed by atoms with E-state index in [1.165, 1.54) is 0 Å². The Morgan fingerprint density at radius 2 is 2.04 bits per heavy atom. The van der Waals surface area contributed by atoms with Crippen molar-refractivity contribution in [2.75, 3.05) is 25.1 Å². The van der Waals surface area contributed by atoms with Crippen molar-refractivity contribution in [2.45, 2.75) is 32.3 Å². The van der Waals surface area contributed by atoms with Gasteiger partial charge in [-0.25, -0.2) is 0 Å². The summed E-state index contributed by atoms with van der Waals surface area (Å²) in [4.78, 5) is 12.5. The smallest absolute Gasteiger partial charge is 0.255 e. The van der Waals surface area contributed by atoms with Crippen molar-refractivity contribution in [2.24, 2.45) is 0 Å². The van der Waals surface area contributed by atoms with Crippen LogP contribution < -0.4 is 14.8 Å². The Labute approximate surface area is 168 Å². The molecule has 0 aliphatic carbocycles. The Morgan fingerprint density at radius 1 is 1.22 bits per heavy atom. The molecular weight excluding hydrogens is 410 g/mol. The maximum absolute atomic E-state index is 12.5. The first kappa shape index (κ1) is 19.7. The number of nitrogens with one attached hydrogen (secondary N) is 1. The van der Waals surface area contributed by atoms with Crippen LogP contribution in [0.2, 0.25) is 0 Å². The molecule has 0 bridgehead atoms. The van der Waals surface area contributed by atoms with E-state index < -0.39 is 0 Å². The van der Waals surface area contributed by atoms with Crippen molar-refractivity contribution in [3.05, 3.63) is 52.5 Å². The quantitative estimate of drug-likeness (QED) is 0.632. The maximum Gasteiger partial charge on any atom is 0.255 e. The summed E-state index contributed by atoms with van der Waals surface area (Å²) < 4.78 is 17.7. The summed E-state index contributed by atoms with van der Waals surface area (Å²) >= 11 is 3.45. The minimum atomic E-state index is -0.175. The summed E-state index contributed by atoms with van der Waals surface area (Å²) in [5.41, 5.74) is 1.27. The zero-order valence-corrected chi connectivity index (χ0v) is 17.0. The molecule has 2 aromatic rings. The van der Waals surface area contributed by atoms with E-state index in [4.69, 9.17) is 14.2 Å². The molecule has 144 valence electrons. The van der Waals surface area contributed by atoms with E-state index in [1.807, 2.05) is 24.3 Å². The molecule has 3 rings (SSSR count). The van der Waals surface area contributed by atoms with E-state index in [0.717, 1.165) is 41.8 Å². The van der Waals surface area contributed by atoms with Crippen LogP contribution >= 0.6 is 15.9 Å². The zero-order chi connectivity index (χ0) is 19.1. The van der Waals surface area contributed by atoms with E-state index in [1.54, 1.807) is 18.2 Å². The number of hydrogen-bond acceptors (Lipinski definition) is 4. The molecule has 1 aliphatic rings. The van der Waals surface area contributed by atoms with Crippen molar-refractivity contribution in [3.63, 3.8) is 0 Å². The van der Waals surface area contributed by atoms with Crippen LogP contribution in [0.3, 0.4) is 0 Å². The first-order valence-corrected chi connectivity index (χ1v) is 10.0. The number of benzene rings is 2. The highest BCUT2D eigenvalue weighted by molar-refractivity contribution is 9.10. The van der Waals surface area contributed by atoms with E-state index in [-0.39, 0.29) is 12.0 Å². The van der Waals surface area contributed by atoms with Crippen molar-refractivity contribution in [1.82, 2.24) is 0 Å². The topological polar surface area (TPSA) is 56.8 Å². The molecule has 1 atom stereocenters. The van der Waals surface area contributed by atoms with Crippen molar-refractivity contribution >= 4 is 27.5 Å². The van der Waals surface area contributed by atoms with Crippen molar-refractivity contribution in [1.29, 1.82) is 0 Å². The van der Waals surface area contributed by atoms with Crippen LogP contribution in [0.1, 0.15) is 36.5 Å². The molecule has 27 heavy (non-hydrogen) atoms. The number of amides is 1. The van der Waals surface area contributed by atoms with Gasteiger partial charge in [0.1, 0.15) is 18.1 Å². The predicted octanol–water partition coefficient (Wildman–Crippen LogP) is 5.05. The fraction of sp³-hybridized carbons (Fsp3) is 0.381. The van der Waals surface area contributed by atoms with Gasteiger partial charge < -0.3 is 19.5 Å². The maximum atomic E-state index is 12.5. The Bertz CT molecular complexity index is 757. The second-order valence-corrected chi connectivity index (χ2v) is 7.27. The van der Waals surface area contributed by atoms with Crippen LogP contribution in [-0.4, -0.2) is 31.8 Å². The normalized spacial score (nSPS) is 16.1. The molecule has 1 unspecified atom stereocenters. The minimum absolute atomic E-state index is 0.175. The first-order chi connectivity index (χ1) is 13.2. The van der Waals surface area contributed by atoms with Gasteiger partial charge in [-0.2, -0.15) is 0 Å². The van der Waals surface area contributed by atoms with Crippen molar-refractivity contribution in [3.8, 4) is 11.5 Å². The van der Waals surface area contributed by atoms with Gasteiger partial charge in [0.2, 0.25) is 0 Å². The number of anilines is 1. The van der Waals surface area contributed by atoms with Crippen LogP contribution in [0.5, 0.6) is 11.5 Å². The molecule has 1 saturated heterocycles. The zero-order valence-electron chi connectivity index (χ0n) is 15.4. The molecule has 1 aliphatic heterocycles. The summed E-state index contributed by atoms with van der Waals surface area (Å²) in [6, 6.07) is 12.7. The van der Waals surface area contributed by atoms with Gasteiger partial charge >= 0.3 is 0 Å². The number of halogens is 1. The van der Waals surface area contributed by atoms with Gasteiger partial charge in [-0.1, -0.05) is 6.92 Å². The van der Waals surface area contributed by atoms with Gasteiger partial charge in [-0.05, 0) is 77.7 Å². The number of hydrogen-bond donors (Lipinski definition) is 1. The Morgan fingerprint density at radius 3 is 2.70 bits per heavy atom. The van der Waals surface area contributed by atoms with Crippen LogP contribution in [0.25, 0.3) is 0 Å². The van der Waals surface area contributed by atoms with Gasteiger partial charge in [0, 0.05) is 17.9 Å². The molecule has 1 amide bonds. The largest absolute Gasteiger partial charge is 0.492 e. The van der Waals surface area contributed by atoms with Crippen LogP contribution in [0.4, 0.5) is 5.69 Å². The summed E-state index contributed by atoms with van der Waals surface area (Å²) in [7, 11) is 0. The molecule has 6 heteroatoms. The lowest BCUT2D eigenvalue weighted by Crippen LogP contribution is -2.16. The highest BCUT2D eigenvalue weighted by Crippen LogP contribution is 2.27. The average Bonchev–Trinajstić information content (AvgIpc) is 3.20. The Balaban J connectivity index is 1.54. The Kier molecular flexibility index (Phi) is 7.12. The van der Waals surface area contributed by atoms with E-state index in [9.17, 15) is 4.79 Å². The predicted molar refractivity (Wildman–Crippen MR) is 109 cm³/mol. The van der Waals surface area contributed by atoms with Gasteiger partial charge in [0.25, 0.3) is 5.91 Å². The monoisotopic (exact) mass is 433 g/mol. The molecule has 5 nitrogen and oxygen atoms in total. The lowest BCUT2D eigenvalue weighted by atomic mass is 10.2. The van der Waals surface area contributed by atoms with Gasteiger partial charge in [-0.3, -0.25) is 4.79 Å². The third-order valence-electron chi connectivity index (χ3n) is 4.23. The van der Waals surface area contributed by atoms with Gasteiger partial charge in [0.05, 0.1) is 17.2 Å². The molecule has 2 aromatic carbocycles. The summed E-state index contributed by atoms with van der Waals surface area (Å²) in [5, 5.41) is 2.89. The van der Waals surface area contributed by atoms with E-state index in [0.29, 0.717) is 24.5 Å². The number of rotatable bonds is 8. The lowest BCUT2D eigenvalue weighted by Gasteiger charge is -2.12. The molecule has 0 spiro atoms. The second kappa shape index (κ2) is 9.76. The standard InChI is InChI=1S/C21H24BrNO4/c1-2-11-26-20-10-5-15(13-19(20)22)21(24)23-16-6-8-17(9-7-16)27-14-18-4-3-12-25-18/h5-10,13,18H,2-4,11-12,14H2,1H3,(H,23,24). The number of carbonyl (C=O) groups excluding carboxylic acids is 1. The molecule has 1 heterocycles. The minimum Gasteiger partial charge on any atom is -0.492 e. The molecule has 0 radical (unpaired) electrons. The molecular formula is C21H24BrNO4. The lowest BCUT2D eigenvalue weighted by molar-refractivity contribution is 0.0679. The summed E-state index contributed by atoms with van der Waals surface area (Å²) in [6.07, 6.45) is 3.27. The van der Waals surface area contributed by atoms with Crippen LogP contribution in [0.15, 0.2) is 46.9 Å². The molecule has 1 N–H and O–H groups in total. The SMILES string of the molecule is CCCOc1ccc(C(=O)Nc2ccc(OCC3CCCO3)cc2)cc1Br. The second-order valence-electron chi connectivity index (χ2n) is 6.42. The fourth-order valence-electron chi connectivity index (χ4n) is 2.77. The van der Waals surface area contributed by atoms with E-state index in [2.05, 4.69) is 28.2 Å². The molecule has 0 saturated carbocycles. The van der Waals surface area contributed by atoms with Crippen LogP contribution in [-0.2, 0) is 4.74 Å². The highest BCUT2D eigenvalue weighted by Gasteiger charge is 2.16. The molecule has 0 aromatic heterocycles. The third-order valence-corrected chi connectivity index (χ3v) is 4.85. The average molecular weight is 434 g/mol. The number of ether oxygens (including phenoxy) is 3. The van der Waals surface area contributed by atoms with Gasteiger partial charge in [-0.15, -0.1) is 0 Å². The highest BCUT2D eigenvalue weighted by atomic mass is 79.9. The number of carbonyl (C=O) groups is 1. The first-order valence-electron chi connectivity index (χ1n) is 9.24. The third kappa shape index (κ3) is 5.71. The Hall–Kier alpha value is -2.05. The van der Waals surface area contributed by atoms with Crippen molar-refractivity contribution < 1.29 is 19.0 Å². The molecule has 1 fully saturated rings.